The van der Waals surface area contributed by atoms with Crippen LogP contribution in [0.5, 0.6) is 0 Å². The molecule has 2 aromatic carbocycles. The fourth-order valence-corrected chi connectivity index (χ4v) is 4.75. The molecule has 0 aliphatic carbocycles. The molecule has 0 bridgehead atoms. The van der Waals surface area contributed by atoms with E-state index in [-0.39, 0.29) is 35.6 Å². The lowest BCUT2D eigenvalue weighted by Gasteiger charge is -2.37. The van der Waals surface area contributed by atoms with Crippen LogP contribution in [0.25, 0.3) is 0 Å². The van der Waals surface area contributed by atoms with Gasteiger partial charge in [0.15, 0.2) is 0 Å². The quantitative estimate of drug-likeness (QED) is 0.729. The van der Waals surface area contributed by atoms with Crippen LogP contribution in [-0.2, 0) is 14.4 Å². The molecule has 0 radical (unpaired) electrons. The van der Waals surface area contributed by atoms with Crippen LogP contribution >= 0.6 is 0 Å². The van der Waals surface area contributed by atoms with Gasteiger partial charge in [-0.25, -0.2) is 0 Å². The molecule has 4 rings (SSSR count). The molecule has 2 saturated heterocycles. The number of hydrogen-bond acceptors (Lipinski definition) is 3. The molecule has 3 amide bonds. The molecule has 2 aliphatic heterocycles. The predicted molar refractivity (Wildman–Crippen MR) is 123 cm³/mol. The summed E-state index contributed by atoms with van der Waals surface area (Å²) < 4.78 is 0. The maximum absolute atomic E-state index is 13.6. The lowest BCUT2D eigenvalue weighted by molar-refractivity contribution is -0.142. The maximum atomic E-state index is 13.6. The summed E-state index contributed by atoms with van der Waals surface area (Å²) >= 11 is 0. The second kappa shape index (κ2) is 9.55. The van der Waals surface area contributed by atoms with Gasteiger partial charge in [-0.05, 0) is 25.0 Å². The van der Waals surface area contributed by atoms with Crippen LogP contribution in [0.3, 0.4) is 0 Å². The predicted octanol–water partition coefficient (Wildman–Crippen LogP) is 2.75. The first-order valence-corrected chi connectivity index (χ1v) is 11.4. The van der Waals surface area contributed by atoms with Gasteiger partial charge in [-0.15, -0.1) is 0 Å². The monoisotopic (exact) mass is 433 g/mol. The van der Waals surface area contributed by atoms with Crippen LogP contribution in [0.2, 0.25) is 0 Å². The van der Waals surface area contributed by atoms with E-state index in [0.717, 1.165) is 11.1 Å². The van der Waals surface area contributed by atoms with E-state index in [2.05, 4.69) is 0 Å². The zero-order chi connectivity index (χ0) is 22.7. The molecular weight excluding hydrogens is 402 g/mol. The van der Waals surface area contributed by atoms with Gasteiger partial charge in [0.25, 0.3) is 0 Å². The van der Waals surface area contributed by atoms with Gasteiger partial charge in [-0.2, -0.15) is 0 Å². The molecule has 2 heterocycles. The van der Waals surface area contributed by atoms with Crippen LogP contribution in [0.4, 0.5) is 0 Å². The van der Waals surface area contributed by atoms with Crippen molar-refractivity contribution < 1.29 is 14.4 Å². The summed E-state index contributed by atoms with van der Waals surface area (Å²) in [4.78, 5) is 44.3. The minimum atomic E-state index is -0.355. The van der Waals surface area contributed by atoms with Gasteiger partial charge in [-0.3, -0.25) is 14.4 Å². The molecule has 0 N–H and O–H groups in total. The molecule has 2 aromatic rings. The number of carbonyl (C=O) groups excluding carboxylic acids is 3. The van der Waals surface area contributed by atoms with Crippen molar-refractivity contribution in [1.82, 2.24) is 14.7 Å². The lowest BCUT2D eigenvalue weighted by atomic mass is 9.90. The molecular formula is C26H31N3O3. The van der Waals surface area contributed by atoms with E-state index in [0.29, 0.717) is 39.1 Å². The van der Waals surface area contributed by atoms with Gasteiger partial charge in [0.1, 0.15) is 0 Å². The van der Waals surface area contributed by atoms with Crippen LogP contribution in [0.1, 0.15) is 37.3 Å². The third-order valence-corrected chi connectivity index (χ3v) is 6.55. The number of hydrogen-bond donors (Lipinski definition) is 0. The van der Waals surface area contributed by atoms with Gasteiger partial charge >= 0.3 is 0 Å². The van der Waals surface area contributed by atoms with Gasteiger partial charge in [0.05, 0.1) is 11.8 Å². The number of amides is 3. The number of rotatable bonds is 5. The Balaban J connectivity index is 1.42. The Bertz CT molecular complexity index is 913. The van der Waals surface area contributed by atoms with E-state index in [1.807, 2.05) is 84.3 Å². The molecule has 32 heavy (non-hydrogen) atoms. The van der Waals surface area contributed by atoms with Gasteiger partial charge in [-0.1, -0.05) is 60.7 Å². The molecule has 0 aromatic heterocycles. The van der Waals surface area contributed by atoms with Crippen LogP contribution in [0, 0.1) is 5.92 Å². The van der Waals surface area contributed by atoms with E-state index >= 15 is 0 Å². The first-order chi connectivity index (χ1) is 15.5. The Kier molecular flexibility index (Phi) is 6.58. The van der Waals surface area contributed by atoms with E-state index in [9.17, 15) is 14.4 Å². The Morgan fingerprint density at radius 2 is 1.31 bits per heavy atom. The van der Waals surface area contributed by atoms with Crippen molar-refractivity contribution in [3.05, 3.63) is 71.8 Å². The average Bonchev–Trinajstić information content (AvgIpc) is 3.22. The first kappa shape index (κ1) is 22.1. The van der Waals surface area contributed by atoms with Crippen molar-refractivity contribution in [3.8, 4) is 0 Å². The normalized spacial score (nSPS) is 19.2. The third kappa shape index (κ3) is 4.54. The molecule has 1 unspecified atom stereocenters. The highest BCUT2D eigenvalue weighted by molar-refractivity contribution is 5.90. The Hall–Kier alpha value is -3.15. The molecule has 2 aliphatic rings. The largest absolute Gasteiger partial charge is 0.339 e. The third-order valence-electron chi connectivity index (χ3n) is 6.55. The second-order valence-electron chi connectivity index (χ2n) is 8.95. The molecule has 6 heteroatoms. The summed E-state index contributed by atoms with van der Waals surface area (Å²) in [5.74, 6) is -0.464. The summed E-state index contributed by atoms with van der Waals surface area (Å²) in [7, 11) is 0. The minimum Gasteiger partial charge on any atom is -0.339 e. The number of benzene rings is 2. The van der Waals surface area contributed by atoms with Crippen molar-refractivity contribution in [2.24, 2.45) is 5.92 Å². The zero-order valence-corrected chi connectivity index (χ0v) is 18.8. The Labute approximate surface area is 189 Å². The van der Waals surface area contributed by atoms with Crippen molar-refractivity contribution >= 4 is 17.7 Å². The Morgan fingerprint density at radius 1 is 0.812 bits per heavy atom. The standard InChI is InChI=1S/C26H31N3O3/c1-19(2)29-18-22(17-23(29)30)25(31)27-13-15-28(16-14-27)26(32)24(20-9-5-3-6-10-20)21-11-7-4-8-12-21/h3-12,19,22,24H,13-18H2,1-2H3. The summed E-state index contributed by atoms with van der Waals surface area (Å²) in [5, 5.41) is 0. The minimum absolute atomic E-state index is 0.0382. The highest BCUT2D eigenvalue weighted by atomic mass is 16.2. The van der Waals surface area contributed by atoms with E-state index in [1.165, 1.54) is 0 Å². The average molecular weight is 434 g/mol. The van der Waals surface area contributed by atoms with Crippen LogP contribution in [0.15, 0.2) is 60.7 Å². The summed E-state index contributed by atoms with van der Waals surface area (Å²) in [6, 6.07) is 19.8. The molecule has 168 valence electrons. The van der Waals surface area contributed by atoms with Gasteiger partial charge in [0.2, 0.25) is 17.7 Å². The van der Waals surface area contributed by atoms with E-state index in [4.69, 9.17) is 0 Å². The topological polar surface area (TPSA) is 60.9 Å². The highest BCUT2D eigenvalue weighted by Crippen LogP contribution is 2.28. The number of carbonyl (C=O) groups is 3. The molecule has 0 saturated carbocycles. The highest BCUT2D eigenvalue weighted by Gasteiger charge is 2.39. The van der Waals surface area contributed by atoms with Gasteiger partial charge in [0, 0.05) is 45.2 Å². The fraction of sp³-hybridized carbons (Fsp3) is 0.423. The fourth-order valence-electron chi connectivity index (χ4n) is 4.75. The Morgan fingerprint density at radius 3 is 1.78 bits per heavy atom. The summed E-state index contributed by atoms with van der Waals surface area (Å²) in [6.07, 6.45) is 0.292. The summed E-state index contributed by atoms with van der Waals surface area (Å²) in [6.45, 7) is 6.49. The second-order valence-corrected chi connectivity index (χ2v) is 8.95. The SMILES string of the molecule is CC(C)N1CC(C(=O)N2CCN(C(=O)C(c3ccccc3)c3ccccc3)CC2)CC1=O. The van der Waals surface area contributed by atoms with Gasteiger partial charge < -0.3 is 14.7 Å². The number of nitrogens with zero attached hydrogens (tertiary/aromatic N) is 3. The number of piperazine rings is 1. The lowest BCUT2D eigenvalue weighted by Crippen LogP contribution is -2.53. The first-order valence-electron chi connectivity index (χ1n) is 11.4. The zero-order valence-electron chi connectivity index (χ0n) is 18.8. The number of likely N-dealkylation sites (tertiary alicyclic amines) is 1. The maximum Gasteiger partial charge on any atom is 0.234 e. The summed E-state index contributed by atoms with van der Waals surface area (Å²) in [5.41, 5.74) is 1.95. The molecule has 0 spiro atoms. The van der Waals surface area contributed by atoms with E-state index in [1.54, 1.807) is 4.90 Å². The van der Waals surface area contributed by atoms with Crippen molar-refractivity contribution in [3.63, 3.8) is 0 Å². The van der Waals surface area contributed by atoms with Crippen LogP contribution in [-0.4, -0.2) is 71.2 Å². The smallest absolute Gasteiger partial charge is 0.234 e. The molecule has 1 atom stereocenters. The van der Waals surface area contributed by atoms with Crippen LogP contribution < -0.4 is 0 Å². The van der Waals surface area contributed by atoms with Crippen molar-refractivity contribution in [1.29, 1.82) is 0 Å². The van der Waals surface area contributed by atoms with Crippen molar-refractivity contribution in [2.75, 3.05) is 32.7 Å². The molecule has 6 nitrogen and oxygen atoms in total. The van der Waals surface area contributed by atoms with Crippen molar-refractivity contribution in [2.45, 2.75) is 32.2 Å². The van der Waals surface area contributed by atoms with E-state index < -0.39 is 0 Å². The molecule has 2 fully saturated rings.